The molecular formula is C7H15AlO3. The summed E-state index contributed by atoms with van der Waals surface area (Å²) in [5, 5.41) is 0. The van der Waals surface area contributed by atoms with Gasteiger partial charge in [0.2, 0.25) is 0 Å². The van der Waals surface area contributed by atoms with Gasteiger partial charge in [-0.3, -0.25) is 9.59 Å². The zero-order valence-electron chi connectivity index (χ0n) is 6.72. The molecular weight excluding hydrogens is 159 g/mol. The monoisotopic (exact) mass is 174 g/mol. The molecule has 11 heavy (non-hydrogen) atoms. The Labute approximate surface area is 77.2 Å². The fourth-order valence-electron chi connectivity index (χ4n) is 0.399. The van der Waals surface area contributed by atoms with Crippen molar-refractivity contribution in [2.75, 3.05) is 7.11 Å². The molecule has 0 atom stereocenters. The molecule has 3 nitrogen and oxygen atoms in total. The van der Waals surface area contributed by atoms with Crippen LogP contribution < -0.4 is 0 Å². The third-order valence-corrected chi connectivity index (χ3v) is 1.58. The maximum absolute atomic E-state index is 10.8. The molecule has 0 aliphatic heterocycles. The van der Waals surface area contributed by atoms with Crippen molar-refractivity contribution in [2.24, 2.45) is 5.41 Å². The van der Waals surface area contributed by atoms with E-state index < -0.39 is 11.4 Å². The molecule has 0 fully saturated rings. The molecule has 0 unspecified atom stereocenters. The predicted octanol–water partition coefficient (Wildman–Crippen LogP) is -0.409. The van der Waals surface area contributed by atoms with Crippen LogP contribution in [0.5, 0.6) is 0 Å². The van der Waals surface area contributed by atoms with E-state index >= 15 is 0 Å². The van der Waals surface area contributed by atoms with Crippen LogP contribution in [-0.4, -0.2) is 36.2 Å². The number of Topliss-reactive ketones (excluding diaryl/α,β-unsaturated/α-hetero) is 1. The summed E-state index contributed by atoms with van der Waals surface area (Å²) in [6.45, 7) is 4.46. The first-order valence-electron chi connectivity index (χ1n) is 3.02. The van der Waals surface area contributed by atoms with Crippen LogP contribution in [0.25, 0.3) is 0 Å². The lowest BCUT2D eigenvalue weighted by Gasteiger charge is -2.16. The van der Waals surface area contributed by atoms with Gasteiger partial charge < -0.3 is 4.74 Å². The summed E-state index contributed by atoms with van der Waals surface area (Å²) in [5.41, 5.74) is -0.991. The van der Waals surface area contributed by atoms with Crippen LogP contribution in [0.2, 0.25) is 0 Å². The van der Waals surface area contributed by atoms with E-state index in [1.807, 2.05) is 0 Å². The Kier molecular flexibility index (Phi) is 5.47. The Morgan fingerprint density at radius 2 is 1.64 bits per heavy atom. The maximum Gasteiger partial charge on any atom is 0.318 e. The molecule has 0 spiro atoms. The first-order chi connectivity index (χ1) is 4.42. The molecule has 0 bridgehead atoms. The maximum atomic E-state index is 10.8. The van der Waals surface area contributed by atoms with Gasteiger partial charge in [0.1, 0.15) is 11.2 Å². The molecule has 0 aliphatic carbocycles. The van der Waals surface area contributed by atoms with Gasteiger partial charge in [-0.1, -0.05) is 0 Å². The summed E-state index contributed by atoms with van der Waals surface area (Å²) >= 11 is 0. The number of ketones is 1. The van der Waals surface area contributed by atoms with Gasteiger partial charge in [0.25, 0.3) is 0 Å². The molecule has 0 rings (SSSR count). The van der Waals surface area contributed by atoms with Gasteiger partial charge in [0, 0.05) is 0 Å². The minimum Gasteiger partial charge on any atom is -0.468 e. The Morgan fingerprint density at radius 1 is 1.27 bits per heavy atom. The lowest BCUT2D eigenvalue weighted by atomic mass is 9.89. The van der Waals surface area contributed by atoms with E-state index in [4.69, 9.17) is 0 Å². The van der Waals surface area contributed by atoms with Gasteiger partial charge in [-0.15, -0.1) is 0 Å². The first kappa shape index (κ1) is 13.3. The number of methoxy groups -OCH3 is 1. The third kappa shape index (κ3) is 3.05. The van der Waals surface area contributed by atoms with Crippen molar-refractivity contribution in [3.05, 3.63) is 0 Å². The molecule has 0 aromatic carbocycles. The van der Waals surface area contributed by atoms with Crippen molar-refractivity contribution in [1.29, 1.82) is 0 Å². The molecule has 64 valence electrons. The molecule has 0 aliphatic rings. The van der Waals surface area contributed by atoms with Crippen molar-refractivity contribution in [2.45, 2.75) is 20.8 Å². The quantitative estimate of drug-likeness (QED) is 0.325. The topological polar surface area (TPSA) is 43.4 Å². The van der Waals surface area contributed by atoms with E-state index in [9.17, 15) is 9.59 Å². The van der Waals surface area contributed by atoms with Crippen molar-refractivity contribution >= 4 is 29.1 Å². The Balaban J connectivity index is 0. The fourth-order valence-corrected chi connectivity index (χ4v) is 0.399. The SMILES string of the molecule is COC(=O)C(C)(C)C(C)=O.[AlH3]. The van der Waals surface area contributed by atoms with Crippen molar-refractivity contribution in [3.63, 3.8) is 0 Å². The highest BCUT2D eigenvalue weighted by molar-refractivity contribution is 6.01. The first-order valence-corrected chi connectivity index (χ1v) is 3.02. The van der Waals surface area contributed by atoms with Crippen LogP contribution in [0.1, 0.15) is 20.8 Å². The second kappa shape index (κ2) is 4.53. The minimum atomic E-state index is -0.991. The standard InChI is InChI=1S/C7H12O3.Al.3H/c1-5(8)7(2,3)6(9)10-4;;;;/h1-4H3;;;;. The van der Waals surface area contributed by atoms with Gasteiger partial charge in [0.05, 0.1) is 7.11 Å². The van der Waals surface area contributed by atoms with Gasteiger partial charge in [-0.25, -0.2) is 0 Å². The van der Waals surface area contributed by atoms with E-state index in [0.717, 1.165) is 0 Å². The summed E-state index contributed by atoms with van der Waals surface area (Å²) in [7, 11) is 1.27. The normalized spacial score (nSPS) is 9.82. The molecule has 4 heteroatoms. The van der Waals surface area contributed by atoms with Gasteiger partial charge >= 0.3 is 5.97 Å². The number of hydrogen-bond donors (Lipinski definition) is 0. The smallest absolute Gasteiger partial charge is 0.318 e. The van der Waals surface area contributed by atoms with Crippen molar-refractivity contribution in [1.82, 2.24) is 0 Å². The summed E-state index contributed by atoms with van der Waals surface area (Å²) in [6.07, 6.45) is 0. The number of esters is 1. The number of rotatable bonds is 2. The van der Waals surface area contributed by atoms with Crippen LogP contribution in [0, 0.1) is 5.41 Å². The van der Waals surface area contributed by atoms with E-state index in [-0.39, 0.29) is 23.1 Å². The lowest BCUT2D eigenvalue weighted by molar-refractivity contribution is -0.155. The van der Waals surface area contributed by atoms with E-state index in [1.54, 1.807) is 13.8 Å². The van der Waals surface area contributed by atoms with Crippen LogP contribution >= 0.6 is 0 Å². The molecule has 0 amide bonds. The second-order valence-electron chi connectivity index (χ2n) is 2.67. The molecule has 0 heterocycles. The highest BCUT2D eigenvalue weighted by Gasteiger charge is 2.33. The summed E-state index contributed by atoms with van der Waals surface area (Å²) in [6, 6.07) is 0. The number of carbonyl (C=O) groups excluding carboxylic acids is 2. The van der Waals surface area contributed by atoms with E-state index in [2.05, 4.69) is 4.74 Å². The molecule has 0 saturated carbocycles. The number of hydrogen-bond acceptors (Lipinski definition) is 3. The third-order valence-electron chi connectivity index (χ3n) is 1.58. The zero-order chi connectivity index (χ0) is 8.36. The number of carbonyl (C=O) groups is 2. The Hall–Kier alpha value is -0.328. The largest absolute Gasteiger partial charge is 0.468 e. The van der Waals surface area contributed by atoms with E-state index in [1.165, 1.54) is 14.0 Å². The summed E-state index contributed by atoms with van der Waals surface area (Å²) in [5.74, 6) is -0.667. The van der Waals surface area contributed by atoms with Crippen LogP contribution in [0.3, 0.4) is 0 Å². The molecule has 0 aromatic rings. The lowest BCUT2D eigenvalue weighted by Crippen LogP contribution is -2.32. The average Bonchev–Trinajstić information content (AvgIpc) is 1.86. The van der Waals surface area contributed by atoms with E-state index in [0.29, 0.717) is 0 Å². The van der Waals surface area contributed by atoms with Gasteiger partial charge in [-0.05, 0) is 20.8 Å². The molecule has 0 N–H and O–H groups in total. The van der Waals surface area contributed by atoms with Crippen LogP contribution in [0.4, 0.5) is 0 Å². The Bertz CT molecular complexity index is 163. The Morgan fingerprint density at radius 3 is 1.73 bits per heavy atom. The van der Waals surface area contributed by atoms with Gasteiger partial charge in [-0.2, -0.15) is 0 Å². The van der Waals surface area contributed by atoms with Gasteiger partial charge in [0.15, 0.2) is 17.4 Å². The summed E-state index contributed by atoms with van der Waals surface area (Å²) in [4.78, 5) is 21.6. The molecule has 0 radical (unpaired) electrons. The minimum absolute atomic E-state index is 0. The predicted molar refractivity (Wildman–Crippen MR) is 46.4 cm³/mol. The highest BCUT2D eigenvalue weighted by atomic mass is 27.0. The van der Waals surface area contributed by atoms with Crippen molar-refractivity contribution < 1.29 is 14.3 Å². The van der Waals surface area contributed by atoms with Crippen LogP contribution in [-0.2, 0) is 14.3 Å². The molecule has 0 aromatic heterocycles. The fraction of sp³-hybridized carbons (Fsp3) is 0.714. The highest BCUT2D eigenvalue weighted by Crippen LogP contribution is 2.17. The zero-order valence-corrected chi connectivity index (χ0v) is 6.72. The molecule has 0 saturated heterocycles. The second-order valence-corrected chi connectivity index (χ2v) is 2.67. The van der Waals surface area contributed by atoms with Crippen molar-refractivity contribution in [3.8, 4) is 0 Å². The van der Waals surface area contributed by atoms with Crippen LogP contribution in [0.15, 0.2) is 0 Å². The summed E-state index contributed by atoms with van der Waals surface area (Å²) < 4.78 is 4.42. The number of ether oxygens (including phenoxy) is 1. The average molecular weight is 174 g/mol.